The molecule has 0 amide bonds. The van der Waals surface area contributed by atoms with Crippen LogP contribution in [0.2, 0.25) is 0 Å². The Labute approximate surface area is 90.7 Å². The van der Waals surface area contributed by atoms with Gasteiger partial charge in [-0.3, -0.25) is 0 Å². The topological polar surface area (TPSA) is 80.7 Å². The fourth-order valence-corrected chi connectivity index (χ4v) is 2.15. The van der Waals surface area contributed by atoms with E-state index in [1.165, 1.54) is 19.2 Å². The van der Waals surface area contributed by atoms with Gasteiger partial charge in [-0.25, -0.2) is 13.2 Å². The normalized spacial score (nSPS) is 11.1. The van der Waals surface area contributed by atoms with E-state index in [1.54, 1.807) is 0 Å². The molecule has 7 heteroatoms. The summed E-state index contributed by atoms with van der Waals surface area (Å²) in [5.41, 5.74) is -0.463. The highest BCUT2D eigenvalue weighted by atomic mass is 35.7. The molecule has 0 aromatic heterocycles. The monoisotopic (exact) mass is 250 g/mol. The molecule has 0 bridgehead atoms. The highest BCUT2D eigenvalue weighted by Crippen LogP contribution is 2.27. The van der Waals surface area contributed by atoms with Crippen molar-refractivity contribution in [1.29, 1.82) is 0 Å². The zero-order chi connectivity index (χ0) is 11.6. The van der Waals surface area contributed by atoms with Crippen molar-refractivity contribution in [3.63, 3.8) is 0 Å². The third-order valence-corrected chi connectivity index (χ3v) is 3.05. The van der Waals surface area contributed by atoms with E-state index in [4.69, 9.17) is 20.5 Å². The van der Waals surface area contributed by atoms with Crippen molar-refractivity contribution in [1.82, 2.24) is 0 Å². The summed E-state index contributed by atoms with van der Waals surface area (Å²) in [5, 5.41) is 8.84. The summed E-state index contributed by atoms with van der Waals surface area (Å²) in [7, 11) is 2.23. The van der Waals surface area contributed by atoms with Crippen molar-refractivity contribution < 1.29 is 23.1 Å². The number of carbonyl (C=O) groups is 1. The number of halogens is 1. The van der Waals surface area contributed by atoms with Gasteiger partial charge >= 0.3 is 5.97 Å². The molecule has 0 saturated heterocycles. The summed E-state index contributed by atoms with van der Waals surface area (Å²) in [6, 6.07) is 3.80. The number of hydrogen-bond acceptors (Lipinski definition) is 4. The minimum Gasteiger partial charge on any atom is -0.496 e. The molecule has 0 aliphatic heterocycles. The fraction of sp³-hybridized carbons (Fsp3) is 0.125. The van der Waals surface area contributed by atoms with Crippen LogP contribution in [-0.2, 0) is 9.05 Å². The van der Waals surface area contributed by atoms with Gasteiger partial charge in [-0.05, 0) is 12.1 Å². The number of ether oxygens (including phenoxy) is 1. The molecule has 0 unspecified atom stereocenters. The Morgan fingerprint density at radius 2 is 2.07 bits per heavy atom. The van der Waals surface area contributed by atoms with Crippen molar-refractivity contribution in [2.24, 2.45) is 0 Å². The average molecular weight is 251 g/mol. The summed E-state index contributed by atoms with van der Waals surface area (Å²) >= 11 is 0. The quantitative estimate of drug-likeness (QED) is 0.819. The van der Waals surface area contributed by atoms with Gasteiger partial charge in [-0.2, -0.15) is 0 Å². The van der Waals surface area contributed by atoms with Crippen molar-refractivity contribution in [3.8, 4) is 5.75 Å². The van der Waals surface area contributed by atoms with Crippen LogP contribution in [0.25, 0.3) is 0 Å². The summed E-state index contributed by atoms with van der Waals surface area (Å²) < 4.78 is 26.9. The van der Waals surface area contributed by atoms with E-state index in [2.05, 4.69) is 0 Å². The third kappa shape index (κ3) is 2.40. The Hall–Kier alpha value is -1.27. The largest absolute Gasteiger partial charge is 0.496 e. The van der Waals surface area contributed by atoms with Gasteiger partial charge in [-0.15, -0.1) is 0 Å². The summed E-state index contributed by atoms with van der Waals surface area (Å²) in [6.45, 7) is 0. The van der Waals surface area contributed by atoms with Gasteiger partial charge in [0, 0.05) is 10.7 Å². The Bertz CT molecular complexity index is 494. The average Bonchev–Trinajstić information content (AvgIpc) is 2.15. The van der Waals surface area contributed by atoms with E-state index in [-0.39, 0.29) is 5.75 Å². The van der Waals surface area contributed by atoms with Crippen LogP contribution >= 0.6 is 10.7 Å². The lowest BCUT2D eigenvalue weighted by Gasteiger charge is -2.07. The molecule has 82 valence electrons. The zero-order valence-electron chi connectivity index (χ0n) is 7.60. The molecule has 0 heterocycles. The minimum atomic E-state index is -4.10. The maximum atomic E-state index is 11.1. The van der Waals surface area contributed by atoms with Crippen molar-refractivity contribution in [2.75, 3.05) is 7.11 Å². The van der Waals surface area contributed by atoms with Crippen LogP contribution in [0.4, 0.5) is 0 Å². The van der Waals surface area contributed by atoms with E-state index >= 15 is 0 Å². The van der Waals surface area contributed by atoms with Crippen LogP contribution in [0, 0.1) is 0 Å². The van der Waals surface area contributed by atoms with Crippen molar-refractivity contribution in [3.05, 3.63) is 23.8 Å². The number of benzene rings is 1. The molecule has 5 nitrogen and oxygen atoms in total. The fourth-order valence-electron chi connectivity index (χ4n) is 1.10. The minimum absolute atomic E-state index is 0.0516. The number of carboxylic acids is 1. The van der Waals surface area contributed by atoms with Crippen molar-refractivity contribution >= 4 is 25.7 Å². The van der Waals surface area contributed by atoms with Gasteiger partial charge in [0.25, 0.3) is 9.05 Å². The zero-order valence-corrected chi connectivity index (χ0v) is 9.17. The third-order valence-electron chi connectivity index (χ3n) is 1.68. The van der Waals surface area contributed by atoms with E-state index in [0.717, 1.165) is 6.07 Å². The van der Waals surface area contributed by atoms with E-state index < -0.39 is 25.5 Å². The summed E-state index contributed by atoms with van der Waals surface area (Å²) in [5.74, 6) is -1.46. The molecule has 0 atom stereocenters. The molecule has 0 fully saturated rings. The molecular formula is C8H7ClO5S. The Morgan fingerprint density at radius 3 is 2.47 bits per heavy atom. The molecule has 1 aromatic carbocycles. The van der Waals surface area contributed by atoms with Gasteiger partial charge in [0.2, 0.25) is 0 Å². The van der Waals surface area contributed by atoms with Crippen molar-refractivity contribution in [2.45, 2.75) is 4.90 Å². The molecule has 1 aromatic rings. The molecule has 1 N–H and O–H groups in total. The summed E-state index contributed by atoms with van der Waals surface area (Å²) in [4.78, 5) is 10.4. The highest BCUT2D eigenvalue weighted by molar-refractivity contribution is 8.13. The van der Waals surface area contributed by atoms with E-state index in [0.29, 0.717) is 0 Å². The number of methoxy groups -OCH3 is 1. The molecule has 1 rings (SSSR count). The van der Waals surface area contributed by atoms with Crippen LogP contribution in [0.3, 0.4) is 0 Å². The highest BCUT2D eigenvalue weighted by Gasteiger charge is 2.23. The SMILES string of the molecule is COc1cccc(S(=O)(=O)Cl)c1C(=O)O. The molecule has 0 aliphatic rings. The number of carboxylic acid groups (broad SMARTS) is 1. The van der Waals surface area contributed by atoms with Gasteiger partial charge in [0.15, 0.2) is 0 Å². The lowest BCUT2D eigenvalue weighted by molar-refractivity contribution is 0.0689. The number of aromatic carboxylic acids is 1. The molecule has 0 saturated carbocycles. The van der Waals surface area contributed by atoms with Crippen LogP contribution in [-0.4, -0.2) is 26.6 Å². The van der Waals surface area contributed by atoms with Crippen LogP contribution in [0.15, 0.2) is 23.1 Å². The first kappa shape index (κ1) is 11.8. The van der Waals surface area contributed by atoms with Crippen LogP contribution in [0.1, 0.15) is 10.4 Å². The first-order valence-electron chi connectivity index (χ1n) is 3.73. The lowest BCUT2D eigenvalue weighted by atomic mass is 10.2. The smallest absolute Gasteiger partial charge is 0.340 e. The second kappa shape index (κ2) is 4.08. The Morgan fingerprint density at radius 1 is 1.47 bits per heavy atom. The maximum Gasteiger partial charge on any atom is 0.340 e. The van der Waals surface area contributed by atoms with Gasteiger partial charge < -0.3 is 9.84 Å². The molecule has 0 radical (unpaired) electrons. The Balaban J connectivity index is 3.60. The first-order valence-corrected chi connectivity index (χ1v) is 6.04. The van der Waals surface area contributed by atoms with E-state index in [9.17, 15) is 13.2 Å². The van der Waals surface area contributed by atoms with Crippen LogP contribution < -0.4 is 4.74 Å². The molecule has 0 spiro atoms. The van der Waals surface area contributed by atoms with E-state index in [1.807, 2.05) is 0 Å². The second-order valence-corrected chi connectivity index (χ2v) is 5.11. The van der Waals surface area contributed by atoms with Gasteiger partial charge in [-0.1, -0.05) is 6.07 Å². The second-order valence-electron chi connectivity index (χ2n) is 2.58. The van der Waals surface area contributed by atoms with Gasteiger partial charge in [0.05, 0.1) is 7.11 Å². The number of hydrogen-bond donors (Lipinski definition) is 1. The lowest BCUT2D eigenvalue weighted by Crippen LogP contribution is -2.07. The predicted octanol–water partition coefficient (Wildman–Crippen LogP) is 1.32. The number of rotatable bonds is 3. The summed E-state index contributed by atoms with van der Waals surface area (Å²) in [6.07, 6.45) is 0. The van der Waals surface area contributed by atoms with Gasteiger partial charge in [0.1, 0.15) is 16.2 Å². The predicted molar refractivity (Wildman–Crippen MR) is 53.0 cm³/mol. The first-order chi connectivity index (χ1) is 6.88. The van der Waals surface area contributed by atoms with Crippen LogP contribution in [0.5, 0.6) is 5.75 Å². The Kier molecular flexibility index (Phi) is 3.21. The molecular weight excluding hydrogens is 244 g/mol. The standard InChI is InChI=1S/C8H7ClO5S/c1-14-5-3-2-4-6(15(9,12)13)7(5)8(10)11/h2-4H,1H3,(H,10,11). The molecule has 0 aliphatic carbocycles. The maximum absolute atomic E-state index is 11.1. The molecule has 15 heavy (non-hydrogen) atoms.